The normalized spacial score (nSPS) is 12.4. The third kappa shape index (κ3) is 3.09. The van der Waals surface area contributed by atoms with Gasteiger partial charge in [0.2, 0.25) is 0 Å². The van der Waals surface area contributed by atoms with Crippen LogP contribution in [0.25, 0.3) is 0 Å². The standard InChI is InChI=1S/C15H15ClO/c1-11-7-8-13(14(16)9-11)15(17)10-12-5-3-2-4-6-12/h2-9,15,17H,10H2,1H3. The van der Waals surface area contributed by atoms with Crippen molar-refractivity contribution in [1.29, 1.82) is 0 Å². The van der Waals surface area contributed by atoms with Crippen molar-refractivity contribution in [3.8, 4) is 0 Å². The van der Waals surface area contributed by atoms with Crippen LogP contribution in [-0.2, 0) is 6.42 Å². The second kappa shape index (κ2) is 5.35. The Morgan fingerprint density at radius 3 is 2.47 bits per heavy atom. The number of halogens is 1. The molecule has 0 amide bonds. The highest BCUT2D eigenvalue weighted by Gasteiger charge is 2.12. The van der Waals surface area contributed by atoms with E-state index in [1.54, 1.807) is 0 Å². The summed E-state index contributed by atoms with van der Waals surface area (Å²) in [6.07, 6.45) is 0.0365. The molecule has 1 nitrogen and oxygen atoms in total. The Labute approximate surface area is 107 Å². The van der Waals surface area contributed by atoms with Crippen molar-refractivity contribution in [2.24, 2.45) is 0 Å². The highest BCUT2D eigenvalue weighted by Crippen LogP contribution is 2.26. The molecule has 0 aromatic heterocycles. The lowest BCUT2D eigenvalue weighted by atomic mass is 10.0. The van der Waals surface area contributed by atoms with Gasteiger partial charge >= 0.3 is 0 Å². The Hall–Kier alpha value is -1.31. The smallest absolute Gasteiger partial charge is 0.0844 e. The second-order valence-electron chi connectivity index (χ2n) is 4.23. The first-order valence-corrected chi connectivity index (χ1v) is 6.02. The average Bonchev–Trinajstić information content (AvgIpc) is 2.30. The quantitative estimate of drug-likeness (QED) is 0.870. The lowest BCUT2D eigenvalue weighted by Gasteiger charge is -2.13. The highest BCUT2D eigenvalue weighted by atomic mass is 35.5. The van der Waals surface area contributed by atoms with E-state index in [-0.39, 0.29) is 0 Å². The molecular formula is C15H15ClO. The molecule has 2 rings (SSSR count). The molecular weight excluding hydrogens is 232 g/mol. The van der Waals surface area contributed by atoms with Gasteiger partial charge in [0.05, 0.1) is 6.10 Å². The van der Waals surface area contributed by atoms with Crippen molar-refractivity contribution in [3.05, 3.63) is 70.2 Å². The van der Waals surface area contributed by atoms with Crippen molar-refractivity contribution < 1.29 is 5.11 Å². The molecule has 0 radical (unpaired) electrons. The molecule has 0 bridgehead atoms. The van der Waals surface area contributed by atoms with Crippen molar-refractivity contribution in [3.63, 3.8) is 0 Å². The maximum Gasteiger partial charge on any atom is 0.0844 e. The summed E-state index contributed by atoms with van der Waals surface area (Å²) in [5.41, 5.74) is 3.00. The summed E-state index contributed by atoms with van der Waals surface area (Å²) < 4.78 is 0. The fourth-order valence-corrected chi connectivity index (χ4v) is 2.21. The zero-order valence-corrected chi connectivity index (χ0v) is 10.5. The van der Waals surface area contributed by atoms with Crippen molar-refractivity contribution >= 4 is 11.6 Å². The number of aliphatic hydroxyl groups is 1. The number of aliphatic hydroxyl groups excluding tert-OH is 1. The summed E-state index contributed by atoms with van der Waals surface area (Å²) in [7, 11) is 0. The second-order valence-corrected chi connectivity index (χ2v) is 4.64. The van der Waals surface area contributed by atoms with E-state index in [2.05, 4.69) is 0 Å². The highest BCUT2D eigenvalue weighted by molar-refractivity contribution is 6.31. The molecule has 0 spiro atoms. The molecule has 1 N–H and O–H groups in total. The minimum atomic E-state index is -0.550. The van der Waals surface area contributed by atoms with Gasteiger partial charge in [0.1, 0.15) is 0 Å². The van der Waals surface area contributed by atoms with Gasteiger partial charge in [-0.15, -0.1) is 0 Å². The van der Waals surface area contributed by atoms with Crippen LogP contribution in [0.3, 0.4) is 0 Å². The molecule has 1 unspecified atom stereocenters. The van der Waals surface area contributed by atoms with Crippen LogP contribution in [0.1, 0.15) is 22.8 Å². The molecule has 1 atom stereocenters. The minimum Gasteiger partial charge on any atom is -0.388 e. The van der Waals surface area contributed by atoms with Crippen LogP contribution < -0.4 is 0 Å². The summed E-state index contributed by atoms with van der Waals surface area (Å²) >= 11 is 6.13. The van der Waals surface area contributed by atoms with Gasteiger partial charge in [-0.1, -0.05) is 54.1 Å². The third-order valence-corrected chi connectivity index (χ3v) is 3.11. The Morgan fingerprint density at radius 1 is 1.12 bits per heavy atom. The van der Waals surface area contributed by atoms with Gasteiger partial charge in [-0.3, -0.25) is 0 Å². The summed E-state index contributed by atoms with van der Waals surface area (Å²) in [6, 6.07) is 15.7. The zero-order valence-electron chi connectivity index (χ0n) is 9.73. The number of hydrogen-bond acceptors (Lipinski definition) is 1. The molecule has 0 saturated carbocycles. The summed E-state index contributed by atoms with van der Waals surface area (Å²) in [5.74, 6) is 0. The average molecular weight is 247 g/mol. The molecule has 0 heterocycles. The molecule has 0 aliphatic carbocycles. The lowest BCUT2D eigenvalue weighted by Crippen LogP contribution is -2.02. The number of hydrogen-bond donors (Lipinski definition) is 1. The van der Waals surface area contributed by atoms with Crippen LogP contribution in [0.5, 0.6) is 0 Å². The predicted octanol–water partition coefficient (Wildman–Crippen LogP) is 3.92. The first-order chi connectivity index (χ1) is 8.16. The predicted molar refractivity (Wildman–Crippen MR) is 71.3 cm³/mol. The first-order valence-electron chi connectivity index (χ1n) is 5.65. The van der Waals surface area contributed by atoms with Gasteiger partial charge in [0.15, 0.2) is 0 Å². The number of benzene rings is 2. The maximum absolute atomic E-state index is 10.2. The van der Waals surface area contributed by atoms with Gasteiger partial charge in [-0.05, 0) is 29.7 Å². The molecule has 2 aromatic rings. The van der Waals surface area contributed by atoms with E-state index in [1.807, 2.05) is 55.5 Å². The van der Waals surface area contributed by atoms with Crippen LogP contribution in [0.4, 0.5) is 0 Å². The Bertz CT molecular complexity index is 494. The van der Waals surface area contributed by atoms with Crippen molar-refractivity contribution in [2.45, 2.75) is 19.4 Å². The molecule has 88 valence electrons. The Morgan fingerprint density at radius 2 is 1.82 bits per heavy atom. The molecule has 2 aromatic carbocycles. The summed E-state index contributed by atoms with van der Waals surface area (Å²) in [5, 5.41) is 10.8. The van der Waals surface area contributed by atoms with Crippen LogP contribution in [0, 0.1) is 6.92 Å². The van der Waals surface area contributed by atoms with E-state index < -0.39 is 6.10 Å². The minimum absolute atomic E-state index is 0.550. The number of aryl methyl sites for hydroxylation is 1. The van der Waals surface area contributed by atoms with E-state index >= 15 is 0 Å². The fourth-order valence-electron chi connectivity index (χ4n) is 1.85. The maximum atomic E-state index is 10.2. The molecule has 0 saturated heterocycles. The van der Waals surface area contributed by atoms with Gasteiger partial charge in [0.25, 0.3) is 0 Å². The van der Waals surface area contributed by atoms with E-state index in [0.29, 0.717) is 11.4 Å². The summed E-state index contributed by atoms with van der Waals surface area (Å²) in [4.78, 5) is 0. The van der Waals surface area contributed by atoms with E-state index in [1.165, 1.54) is 0 Å². The van der Waals surface area contributed by atoms with Gasteiger partial charge in [-0.25, -0.2) is 0 Å². The monoisotopic (exact) mass is 246 g/mol. The molecule has 0 aliphatic rings. The topological polar surface area (TPSA) is 20.2 Å². The Balaban J connectivity index is 2.17. The van der Waals surface area contributed by atoms with E-state index in [9.17, 15) is 5.11 Å². The third-order valence-electron chi connectivity index (χ3n) is 2.79. The van der Waals surface area contributed by atoms with Crippen LogP contribution in [0.15, 0.2) is 48.5 Å². The van der Waals surface area contributed by atoms with Crippen molar-refractivity contribution in [1.82, 2.24) is 0 Å². The number of rotatable bonds is 3. The van der Waals surface area contributed by atoms with E-state index in [0.717, 1.165) is 16.7 Å². The van der Waals surface area contributed by atoms with E-state index in [4.69, 9.17) is 11.6 Å². The largest absolute Gasteiger partial charge is 0.388 e. The van der Waals surface area contributed by atoms with Crippen LogP contribution in [0.2, 0.25) is 5.02 Å². The molecule has 17 heavy (non-hydrogen) atoms. The SMILES string of the molecule is Cc1ccc(C(O)Cc2ccccc2)c(Cl)c1. The fraction of sp³-hybridized carbons (Fsp3) is 0.200. The molecule has 0 aliphatic heterocycles. The zero-order chi connectivity index (χ0) is 12.3. The molecule has 0 fully saturated rings. The Kier molecular flexibility index (Phi) is 3.82. The van der Waals surface area contributed by atoms with Gasteiger partial charge in [-0.2, -0.15) is 0 Å². The molecule has 2 heteroatoms. The van der Waals surface area contributed by atoms with Crippen LogP contribution in [-0.4, -0.2) is 5.11 Å². The van der Waals surface area contributed by atoms with Crippen LogP contribution >= 0.6 is 11.6 Å². The van der Waals surface area contributed by atoms with Gasteiger partial charge < -0.3 is 5.11 Å². The summed E-state index contributed by atoms with van der Waals surface area (Å²) in [6.45, 7) is 1.99. The van der Waals surface area contributed by atoms with Crippen molar-refractivity contribution in [2.75, 3.05) is 0 Å². The lowest BCUT2D eigenvalue weighted by molar-refractivity contribution is 0.178. The van der Waals surface area contributed by atoms with Gasteiger partial charge in [0, 0.05) is 11.4 Å². The first kappa shape index (κ1) is 12.2.